The first-order valence-corrected chi connectivity index (χ1v) is 7.02. The van der Waals surface area contributed by atoms with Crippen molar-refractivity contribution in [3.8, 4) is 0 Å². The van der Waals surface area contributed by atoms with E-state index >= 15 is 0 Å². The Morgan fingerprint density at radius 1 is 1.47 bits per heavy atom. The summed E-state index contributed by atoms with van der Waals surface area (Å²) in [6, 6.07) is 5.52. The molecular formula is C13H16ClNOS. The maximum atomic E-state index is 11.1. The van der Waals surface area contributed by atoms with Gasteiger partial charge in [-0.05, 0) is 32.0 Å². The van der Waals surface area contributed by atoms with Gasteiger partial charge < -0.3 is 4.90 Å². The van der Waals surface area contributed by atoms with Gasteiger partial charge in [0.2, 0.25) is 0 Å². The Morgan fingerprint density at radius 2 is 2.24 bits per heavy atom. The lowest BCUT2D eigenvalue weighted by Gasteiger charge is -2.39. The monoisotopic (exact) mass is 269 g/mol. The summed E-state index contributed by atoms with van der Waals surface area (Å²) < 4.78 is 0.234. The van der Waals surface area contributed by atoms with Crippen molar-refractivity contribution < 1.29 is 4.79 Å². The van der Waals surface area contributed by atoms with Crippen molar-refractivity contribution in [3.63, 3.8) is 0 Å². The molecule has 0 radical (unpaired) electrons. The number of rotatable bonds is 2. The van der Waals surface area contributed by atoms with Crippen molar-refractivity contribution in [3.05, 3.63) is 28.8 Å². The number of carbonyl (C=O) groups is 1. The van der Waals surface area contributed by atoms with Crippen LogP contribution in [0.3, 0.4) is 0 Å². The number of hydrogen-bond donors (Lipinski definition) is 0. The third-order valence-electron chi connectivity index (χ3n) is 2.88. The molecule has 0 saturated carbocycles. The van der Waals surface area contributed by atoms with Crippen LogP contribution in [0, 0.1) is 0 Å². The van der Waals surface area contributed by atoms with Crippen LogP contribution in [-0.4, -0.2) is 29.9 Å². The minimum Gasteiger partial charge on any atom is -0.369 e. The average Bonchev–Trinajstić information content (AvgIpc) is 2.27. The molecule has 1 aliphatic rings. The first-order chi connectivity index (χ1) is 8.02. The van der Waals surface area contributed by atoms with E-state index in [2.05, 4.69) is 18.7 Å². The number of aldehydes is 1. The van der Waals surface area contributed by atoms with Gasteiger partial charge in [0.1, 0.15) is 0 Å². The first-order valence-electron chi connectivity index (χ1n) is 5.65. The second-order valence-corrected chi connectivity index (χ2v) is 7.09. The normalized spacial score (nSPS) is 19.1. The van der Waals surface area contributed by atoms with Gasteiger partial charge >= 0.3 is 0 Å². The molecule has 1 aliphatic heterocycles. The Balaban J connectivity index is 2.30. The number of halogens is 1. The van der Waals surface area contributed by atoms with Crippen LogP contribution >= 0.6 is 23.4 Å². The summed E-state index contributed by atoms with van der Waals surface area (Å²) in [5, 5.41) is 0.612. The molecule has 0 atom stereocenters. The second kappa shape index (κ2) is 4.91. The highest BCUT2D eigenvalue weighted by molar-refractivity contribution is 8.00. The van der Waals surface area contributed by atoms with E-state index in [1.807, 2.05) is 23.9 Å². The molecule has 2 nitrogen and oxygen atoms in total. The van der Waals surface area contributed by atoms with Gasteiger partial charge in [-0.15, -0.1) is 0 Å². The van der Waals surface area contributed by atoms with Gasteiger partial charge in [-0.3, -0.25) is 4.79 Å². The van der Waals surface area contributed by atoms with E-state index < -0.39 is 0 Å². The average molecular weight is 270 g/mol. The van der Waals surface area contributed by atoms with Gasteiger partial charge in [0, 0.05) is 39.9 Å². The van der Waals surface area contributed by atoms with E-state index in [-0.39, 0.29) is 4.75 Å². The Kier molecular flexibility index (Phi) is 3.69. The third kappa shape index (κ3) is 2.96. The first kappa shape index (κ1) is 12.8. The zero-order chi connectivity index (χ0) is 12.5. The molecule has 1 aromatic carbocycles. The van der Waals surface area contributed by atoms with Gasteiger partial charge in [0.05, 0.1) is 0 Å². The number of nitrogens with zero attached hydrogens (tertiary/aromatic N) is 1. The smallest absolute Gasteiger partial charge is 0.152 e. The molecule has 0 bridgehead atoms. The van der Waals surface area contributed by atoms with Crippen molar-refractivity contribution in [1.82, 2.24) is 0 Å². The maximum Gasteiger partial charge on any atom is 0.152 e. The summed E-state index contributed by atoms with van der Waals surface area (Å²) in [4.78, 5) is 13.4. The van der Waals surface area contributed by atoms with Crippen LogP contribution in [-0.2, 0) is 0 Å². The topological polar surface area (TPSA) is 20.3 Å². The molecule has 92 valence electrons. The molecule has 1 heterocycles. The quantitative estimate of drug-likeness (QED) is 0.767. The Hall–Kier alpha value is -0.670. The number of benzene rings is 1. The standard InChI is InChI=1S/C13H16ClNOS/c1-13(2)9-15(5-6-17-13)12-4-3-11(14)7-10(12)8-16/h3-4,7-8H,5-6,9H2,1-2H3. The van der Waals surface area contributed by atoms with Gasteiger partial charge in [-0.25, -0.2) is 0 Å². The second-order valence-electron chi connectivity index (χ2n) is 4.85. The number of thioether (sulfide) groups is 1. The van der Waals surface area contributed by atoms with Crippen LogP contribution in [0.1, 0.15) is 24.2 Å². The lowest BCUT2D eigenvalue weighted by molar-refractivity contribution is 0.112. The Morgan fingerprint density at radius 3 is 2.88 bits per heavy atom. The van der Waals surface area contributed by atoms with E-state index in [0.717, 1.165) is 30.8 Å². The Bertz CT molecular complexity index is 433. The number of hydrogen-bond acceptors (Lipinski definition) is 3. The highest BCUT2D eigenvalue weighted by atomic mass is 35.5. The van der Waals surface area contributed by atoms with Crippen molar-refractivity contribution in [1.29, 1.82) is 0 Å². The summed E-state index contributed by atoms with van der Waals surface area (Å²) in [6.07, 6.45) is 0.885. The molecule has 0 amide bonds. The minimum atomic E-state index is 0.234. The molecule has 0 aliphatic carbocycles. The largest absolute Gasteiger partial charge is 0.369 e. The van der Waals surface area contributed by atoms with Gasteiger partial charge in [0.25, 0.3) is 0 Å². The molecule has 17 heavy (non-hydrogen) atoms. The van der Waals surface area contributed by atoms with Crippen LogP contribution in [0.5, 0.6) is 0 Å². The van der Waals surface area contributed by atoms with E-state index in [1.165, 1.54) is 0 Å². The lowest BCUT2D eigenvalue weighted by Crippen LogP contribution is -2.43. The van der Waals surface area contributed by atoms with Gasteiger partial charge in [-0.1, -0.05) is 11.6 Å². The molecule has 1 saturated heterocycles. The highest BCUT2D eigenvalue weighted by Crippen LogP contribution is 2.33. The molecule has 0 aromatic heterocycles. The van der Waals surface area contributed by atoms with Crippen molar-refractivity contribution in [2.75, 3.05) is 23.7 Å². The van der Waals surface area contributed by atoms with Gasteiger partial charge in [0.15, 0.2) is 6.29 Å². The maximum absolute atomic E-state index is 11.1. The number of carbonyl (C=O) groups excluding carboxylic acids is 1. The minimum absolute atomic E-state index is 0.234. The molecular weight excluding hydrogens is 254 g/mol. The zero-order valence-electron chi connectivity index (χ0n) is 10.1. The third-order valence-corrected chi connectivity index (χ3v) is 4.42. The van der Waals surface area contributed by atoms with Crippen molar-refractivity contribution in [2.45, 2.75) is 18.6 Å². The fourth-order valence-corrected chi connectivity index (χ4v) is 3.42. The fraction of sp³-hybridized carbons (Fsp3) is 0.462. The Labute approximate surface area is 111 Å². The summed E-state index contributed by atoms with van der Waals surface area (Å²) in [5.74, 6) is 1.09. The molecule has 0 spiro atoms. The van der Waals surface area contributed by atoms with Crippen LogP contribution in [0.15, 0.2) is 18.2 Å². The molecule has 0 N–H and O–H groups in total. The van der Waals surface area contributed by atoms with E-state index in [4.69, 9.17) is 11.6 Å². The van der Waals surface area contributed by atoms with E-state index in [9.17, 15) is 4.79 Å². The van der Waals surface area contributed by atoms with Crippen molar-refractivity contribution in [2.24, 2.45) is 0 Å². The lowest BCUT2D eigenvalue weighted by atomic mass is 10.1. The molecule has 2 rings (SSSR count). The van der Waals surface area contributed by atoms with E-state index in [0.29, 0.717) is 10.6 Å². The zero-order valence-corrected chi connectivity index (χ0v) is 11.6. The SMILES string of the molecule is CC1(C)CN(c2ccc(Cl)cc2C=O)CCS1. The summed E-state index contributed by atoms with van der Waals surface area (Å²) in [6.45, 7) is 6.41. The fourth-order valence-electron chi connectivity index (χ4n) is 2.13. The predicted molar refractivity (Wildman–Crippen MR) is 75.6 cm³/mol. The van der Waals surface area contributed by atoms with Crippen LogP contribution in [0.4, 0.5) is 5.69 Å². The summed E-state index contributed by atoms with van der Waals surface area (Å²) in [7, 11) is 0. The molecule has 0 unspecified atom stereocenters. The van der Waals surface area contributed by atoms with Crippen molar-refractivity contribution >= 4 is 35.3 Å². The van der Waals surface area contributed by atoms with Gasteiger partial charge in [-0.2, -0.15) is 11.8 Å². The van der Waals surface area contributed by atoms with Crippen LogP contribution in [0.2, 0.25) is 5.02 Å². The summed E-state index contributed by atoms with van der Waals surface area (Å²) >= 11 is 7.89. The van der Waals surface area contributed by atoms with Crippen LogP contribution < -0.4 is 4.90 Å². The number of anilines is 1. The highest BCUT2D eigenvalue weighted by Gasteiger charge is 2.28. The molecule has 4 heteroatoms. The predicted octanol–water partition coefficient (Wildman–Crippen LogP) is 3.48. The van der Waals surface area contributed by atoms with Crippen LogP contribution in [0.25, 0.3) is 0 Å². The molecule has 1 fully saturated rings. The summed E-state index contributed by atoms with van der Waals surface area (Å²) in [5.41, 5.74) is 1.68. The molecule has 1 aromatic rings. The van der Waals surface area contributed by atoms with E-state index in [1.54, 1.807) is 6.07 Å².